The Labute approximate surface area is 163 Å². The maximum Gasteiger partial charge on any atom is 0.253 e. The number of nitrogens with zero attached hydrogens (tertiary/aromatic N) is 1. The standard InChI is InChI=1S/C21H23FN2O4/c1-27-17-9-10-18(19(12-17)28-2)23-20(25)15-4-3-11-24(13-15)21(26)14-5-7-16(22)8-6-14/h5-10,12,15H,3-4,11,13H2,1-2H3,(H,23,25). The molecule has 0 saturated carbocycles. The minimum Gasteiger partial charge on any atom is -0.497 e. The van der Waals surface area contributed by atoms with Crippen LogP contribution in [0.1, 0.15) is 23.2 Å². The predicted octanol–water partition coefficient (Wildman–Crippen LogP) is 3.33. The van der Waals surface area contributed by atoms with Gasteiger partial charge in [0.15, 0.2) is 0 Å². The monoisotopic (exact) mass is 386 g/mol. The molecule has 1 aliphatic heterocycles. The van der Waals surface area contributed by atoms with Crippen molar-refractivity contribution < 1.29 is 23.5 Å². The van der Waals surface area contributed by atoms with Crippen LogP contribution in [-0.2, 0) is 4.79 Å². The zero-order chi connectivity index (χ0) is 20.1. The van der Waals surface area contributed by atoms with Gasteiger partial charge in [-0.1, -0.05) is 0 Å². The molecule has 0 aromatic heterocycles. The number of piperidine rings is 1. The molecule has 2 amide bonds. The van der Waals surface area contributed by atoms with Crippen molar-refractivity contribution in [1.29, 1.82) is 0 Å². The maximum absolute atomic E-state index is 13.1. The SMILES string of the molecule is COc1ccc(NC(=O)C2CCCN(C(=O)c3ccc(F)cc3)C2)c(OC)c1. The van der Waals surface area contributed by atoms with Crippen molar-refractivity contribution in [3.05, 3.63) is 53.8 Å². The number of benzene rings is 2. The molecular formula is C21H23FN2O4. The second-order valence-corrected chi connectivity index (χ2v) is 6.65. The molecule has 0 spiro atoms. The summed E-state index contributed by atoms with van der Waals surface area (Å²) in [5.41, 5.74) is 0.967. The van der Waals surface area contributed by atoms with Gasteiger partial charge in [0, 0.05) is 24.7 Å². The number of carbonyl (C=O) groups excluding carboxylic acids is 2. The van der Waals surface area contributed by atoms with Crippen molar-refractivity contribution in [3.8, 4) is 11.5 Å². The molecule has 148 valence electrons. The Bertz CT molecular complexity index is 854. The van der Waals surface area contributed by atoms with Crippen molar-refractivity contribution in [1.82, 2.24) is 4.90 Å². The van der Waals surface area contributed by atoms with Gasteiger partial charge in [0.05, 0.1) is 25.8 Å². The summed E-state index contributed by atoms with van der Waals surface area (Å²) in [5, 5.41) is 2.88. The summed E-state index contributed by atoms with van der Waals surface area (Å²) in [7, 11) is 3.08. The van der Waals surface area contributed by atoms with Gasteiger partial charge in [-0.15, -0.1) is 0 Å². The van der Waals surface area contributed by atoms with Crippen molar-refractivity contribution in [2.24, 2.45) is 5.92 Å². The molecule has 2 aromatic carbocycles. The number of likely N-dealkylation sites (tertiary alicyclic amines) is 1. The summed E-state index contributed by atoms with van der Waals surface area (Å²) in [6.45, 7) is 0.895. The Morgan fingerprint density at radius 2 is 1.86 bits per heavy atom. The van der Waals surface area contributed by atoms with Gasteiger partial charge in [0.1, 0.15) is 17.3 Å². The third kappa shape index (κ3) is 4.42. The lowest BCUT2D eigenvalue weighted by Crippen LogP contribution is -2.43. The molecule has 0 aliphatic carbocycles. The topological polar surface area (TPSA) is 67.9 Å². The third-order valence-corrected chi connectivity index (χ3v) is 4.84. The lowest BCUT2D eigenvalue weighted by molar-refractivity contribution is -0.121. The van der Waals surface area contributed by atoms with E-state index in [9.17, 15) is 14.0 Å². The Hall–Kier alpha value is -3.09. The van der Waals surface area contributed by atoms with Crippen LogP contribution in [0.15, 0.2) is 42.5 Å². The predicted molar refractivity (Wildman–Crippen MR) is 103 cm³/mol. The summed E-state index contributed by atoms with van der Waals surface area (Å²) in [4.78, 5) is 27.0. The molecule has 1 N–H and O–H groups in total. The number of anilines is 1. The van der Waals surface area contributed by atoms with Crippen LogP contribution in [0.4, 0.5) is 10.1 Å². The minimum absolute atomic E-state index is 0.167. The zero-order valence-corrected chi connectivity index (χ0v) is 15.9. The van der Waals surface area contributed by atoms with E-state index in [1.165, 1.54) is 31.4 Å². The van der Waals surface area contributed by atoms with Gasteiger partial charge in [-0.3, -0.25) is 9.59 Å². The highest BCUT2D eigenvalue weighted by Gasteiger charge is 2.29. The summed E-state index contributed by atoms with van der Waals surface area (Å²) in [5.74, 6) is 0.0526. The third-order valence-electron chi connectivity index (χ3n) is 4.84. The van der Waals surface area contributed by atoms with Crippen molar-refractivity contribution in [3.63, 3.8) is 0 Å². The highest BCUT2D eigenvalue weighted by atomic mass is 19.1. The normalized spacial score (nSPS) is 16.4. The number of rotatable bonds is 5. The average Bonchev–Trinajstić information content (AvgIpc) is 2.74. The van der Waals surface area contributed by atoms with Crippen LogP contribution in [0.2, 0.25) is 0 Å². The van der Waals surface area contributed by atoms with Crippen LogP contribution >= 0.6 is 0 Å². The van der Waals surface area contributed by atoms with E-state index >= 15 is 0 Å². The summed E-state index contributed by atoms with van der Waals surface area (Å²) < 4.78 is 23.6. The lowest BCUT2D eigenvalue weighted by Gasteiger charge is -2.32. The van der Waals surface area contributed by atoms with E-state index in [4.69, 9.17) is 9.47 Å². The molecule has 7 heteroatoms. The van der Waals surface area contributed by atoms with Gasteiger partial charge >= 0.3 is 0 Å². The number of hydrogen-bond donors (Lipinski definition) is 1. The fraction of sp³-hybridized carbons (Fsp3) is 0.333. The zero-order valence-electron chi connectivity index (χ0n) is 15.9. The van der Waals surface area contributed by atoms with Crippen LogP contribution in [0.25, 0.3) is 0 Å². The molecule has 1 aliphatic rings. The lowest BCUT2D eigenvalue weighted by atomic mass is 9.96. The Morgan fingerprint density at radius 3 is 2.54 bits per heavy atom. The Balaban J connectivity index is 1.67. The van der Waals surface area contributed by atoms with Crippen molar-refractivity contribution in [2.75, 3.05) is 32.6 Å². The number of hydrogen-bond acceptors (Lipinski definition) is 4. The van der Waals surface area contributed by atoms with Crippen LogP contribution < -0.4 is 14.8 Å². The molecule has 1 atom stereocenters. The first kappa shape index (κ1) is 19.7. The Morgan fingerprint density at radius 1 is 1.11 bits per heavy atom. The average molecular weight is 386 g/mol. The summed E-state index contributed by atoms with van der Waals surface area (Å²) in [6, 6.07) is 10.6. The fourth-order valence-corrected chi connectivity index (χ4v) is 3.29. The van der Waals surface area contributed by atoms with Gasteiger partial charge in [-0.05, 0) is 49.2 Å². The van der Waals surface area contributed by atoms with Gasteiger partial charge in [-0.25, -0.2) is 4.39 Å². The molecule has 2 aromatic rings. The molecule has 3 rings (SSSR count). The van der Waals surface area contributed by atoms with E-state index in [1.54, 1.807) is 30.2 Å². The van der Waals surface area contributed by atoms with Crippen molar-refractivity contribution in [2.45, 2.75) is 12.8 Å². The Kier molecular flexibility index (Phi) is 6.13. The van der Waals surface area contributed by atoms with Crippen LogP contribution in [0, 0.1) is 11.7 Å². The molecule has 0 radical (unpaired) electrons. The number of amides is 2. The smallest absolute Gasteiger partial charge is 0.253 e. The summed E-state index contributed by atoms with van der Waals surface area (Å²) >= 11 is 0. The van der Waals surface area contributed by atoms with E-state index in [0.717, 1.165) is 6.42 Å². The first-order valence-corrected chi connectivity index (χ1v) is 9.09. The molecule has 6 nitrogen and oxygen atoms in total. The van der Waals surface area contributed by atoms with Gasteiger partial charge < -0.3 is 19.7 Å². The van der Waals surface area contributed by atoms with E-state index in [1.807, 2.05) is 0 Å². The molecular weight excluding hydrogens is 363 g/mol. The van der Waals surface area contributed by atoms with Crippen LogP contribution in [-0.4, -0.2) is 44.0 Å². The number of halogens is 1. The number of ether oxygens (including phenoxy) is 2. The molecule has 1 fully saturated rings. The quantitative estimate of drug-likeness (QED) is 0.856. The highest BCUT2D eigenvalue weighted by molar-refractivity contribution is 5.97. The van der Waals surface area contributed by atoms with E-state index < -0.39 is 0 Å². The van der Waals surface area contributed by atoms with Gasteiger partial charge in [0.2, 0.25) is 5.91 Å². The van der Waals surface area contributed by atoms with E-state index in [-0.39, 0.29) is 23.5 Å². The molecule has 28 heavy (non-hydrogen) atoms. The van der Waals surface area contributed by atoms with Gasteiger partial charge in [0.25, 0.3) is 5.91 Å². The van der Waals surface area contributed by atoms with E-state index in [2.05, 4.69) is 5.32 Å². The van der Waals surface area contributed by atoms with Crippen LogP contribution in [0.5, 0.6) is 11.5 Å². The molecule has 1 heterocycles. The first-order valence-electron chi connectivity index (χ1n) is 9.09. The highest BCUT2D eigenvalue weighted by Crippen LogP contribution is 2.30. The van der Waals surface area contributed by atoms with Gasteiger partial charge in [-0.2, -0.15) is 0 Å². The van der Waals surface area contributed by atoms with E-state index in [0.29, 0.717) is 42.3 Å². The molecule has 1 saturated heterocycles. The second-order valence-electron chi connectivity index (χ2n) is 6.65. The summed E-state index contributed by atoms with van der Waals surface area (Å²) in [6.07, 6.45) is 1.42. The largest absolute Gasteiger partial charge is 0.497 e. The first-order chi connectivity index (χ1) is 13.5. The van der Waals surface area contributed by atoms with Crippen molar-refractivity contribution >= 4 is 17.5 Å². The molecule has 0 bridgehead atoms. The van der Waals surface area contributed by atoms with Crippen LogP contribution in [0.3, 0.4) is 0 Å². The number of carbonyl (C=O) groups is 2. The maximum atomic E-state index is 13.1. The fourth-order valence-electron chi connectivity index (χ4n) is 3.29. The number of nitrogens with one attached hydrogen (secondary N) is 1. The second kappa shape index (κ2) is 8.73. The number of methoxy groups -OCH3 is 2. The minimum atomic E-state index is -0.388. The molecule has 1 unspecified atom stereocenters.